The first-order valence-electron chi connectivity index (χ1n) is 5.60. The number of rotatable bonds is 3. The maximum Gasteiger partial charge on any atom is 0.388 e. The lowest BCUT2D eigenvalue weighted by Gasteiger charge is -2.16. The van der Waals surface area contributed by atoms with Gasteiger partial charge in [-0.25, -0.2) is 0 Å². The molecular weight excluding hydrogens is 262 g/mol. The molecule has 2 rings (SSSR count). The second kappa shape index (κ2) is 6.62. The van der Waals surface area contributed by atoms with Crippen LogP contribution in [-0.4, -0.2) is 14.1 Å². The van der Waals surface area contributed by atoms with Gasteiger partial charge in [-0.15, -0.1) is 0 Å². The molecule has 98 valence electrons. The number of anilines is 1. The summed E-state index contributed by atoms with van der Waals surface area (Å²) < 4.78 is 5.80. The van der Waals surface area contributed by atoms with Gasteiger partial charge in [0.05, 0.1) is 11.8 Å². The monoisotopic (exact) mass is 275 g/mol. The number of hydrogen-bond donors (Lipinski definition) is 0. The summed E-state index contributed by atoms with van der Waals surface area (Å²) in [4.78, 5) is 5.12. The van der Waals surface area contributed by atoms with E-state index in [4.69, 9.17) is 10.1 Å². The number of para-hydroxylation sites is 1. The Hall–Kier alpha value is -2.25. The number of hydrogen-bond acceptors (Lipinski definition) is 3. The molecule has 0 radical (unpaired) electrons. The predicted molar refractivity (Wildman–Crippen MR) is 72.0 cm³/mol. The van der Waals surface area contributed by atoms with E-state index in [9.17, 15) is 0 Å². The zero-order chi connectivity index (χ0) is 13.0. The van der Waals surface area contributed by atoms with Crippen molar-refractivity contribution in [3.63, 3.8) is 0 Å². The van der Waals surface area contributed by atoms with E-state index in [1.54, 1.807) is 12.1 Å². The van der Waals surface area contributed by atoms with Crippen LogP contribution in [0.4, 0.5) is 11.4 Å². The van der Waals surface area contributed by atoms with Crippen LogP contribution in [0.5, 0.6) is 11.5 Å². The Balaban J connectivity index is 0.00000180. The number of diazo groups is 1. The first-order chi connectivity index (χ1) is 8.70. The molecule has 0 fully saturated rings. The van der Waals surface area contributed by atoms with Crippen LogP contribution in [-0.2, 0) is 0 Å². The van der Waals surface area contributed by atoms with Crippen LogP contribution in [0, 0.1) is 5.39 Å². The van der Waals surface area contributed by atoms with Gasteiger partial charge in [-0.05, 0) is 18.2 Å². The summed E-state index contributed by atoms with van der Waals surface area (Å²) in [6.45, 7) is 0. The normalized spacial score (nSPS) is 9.11. The summed E-state index contributed by atoms with van der Waals surface area (Å²) in [5, 5.41) is 8.81. The molecule has 0 aliphatic carbocycles. The number of nitrogens with zero attached hydrogens (tertiary/aromatic N) is 3. The Morgan fingerprint density at radius 1 is 1.05 bits per heavy atom. The van der Waals surface area contributed by atoms with Crippen LogP contribution in [0.1, 0.15) is 0 Å². The second-order valence-electron chi connectivity index (χ2n) is 4.06. The lowest BCUT2D eigenvalue weighted by Crippen LogP contribution is -3.00. The van der Waals surface area contributed by atoms with Gasteiger partial charge in [0.25, 0.3) is 0 Å². The predicted octanol–water partition coefficient (Wildman–Crippen LogP) is 1.03. The maximum absolute atomic E-state index is 8.81. The Morgan fingerprint density at radius 2 is 1.74 bits per heavy atom. The van der Waals surface area contributed by atoms with Crippen molar-refractivity contribution in [1.29, 1.82) is 5.39 Å². The average Bonchev–Trinajstić information content (AvgIpc) is 2.39. The highest BCUT2D eigenvalue weighted by molar-refractivity contribution is 5.65. The van der Waals surface area contributed by atoms with Crippen LogP contribution >= 0.6 is 0 Å². The van der Waals surface area contributed by atoms with Gasteiger partial charge < -0.3 is 22.0 Å². The topological polar surface area (TPSA) is 40.6 Å². The molecular formula is C14H14ClN3O. The molecule has 4 nitrogen and oxygen atoms in total. The van der Waals surface area contributed by atoms with Crippen LogP contribution in [0.15, 0.2) is 48.5 Å². The lowest BCUT2D eigenvalue weighted by atomic mass is 10.2. The summed E-state index contributed by atoms with van der Waals surface area (Å²) in [5.41, 5.74) is 1.39. The van der Waals surface area contributed by atoms with Gasteiger partial charge in [-0.3, -0.25) is 0 Å². The summed E-state index contributed by atoms with van der Waals surface area (Å²) in [6, 6.07) is 14.8. The van der Waals surface area contributed by atoms with E-state index in [2.05, 4.69) is 4.98 Å². The SMILES string of the molecule is CN(C)c1ccc([N+]#N)cc1Oc1ccccc1.[Cl-]. The number of benzene rings is 2. The van der Waals surface area contributed by atoms with E-state index < -0.39 is 0 Å². The lowest BCUT2D eigenvalue weighted by molar-refractivity contribution is -0.00000441. The standard InChI is InChI=1S/C14H14N3O.ClH/c1-17(2)13-9-8-11(16-15)10-14(13)18-12-6-4-3-5-7-12;/h3-10H,1-2H3;1H/q+1;/p-1. The molecule has 0 spiro atoms. The van der Waals surface area contributed by atoms with Crippen LogP contribution in [0.2, 0.25) is 0 Å². The molecule has 19 heavy (non-hydrogen) atoms. The van der Waals surface area contributed by atoms with Gasteiger partial charge in [-0.1, -0.05) is 18.2 Å². The minimum absolute atomic E-state index is 0. The van der Waals surface area contributed by atoms with E-state index >= 15 is 0 Å². The second-order valence-corrected chi connectivity index (χ2v) is 4.06. The third kappa shape index (κ3) is 3.60. The van der Waals surface area contributed by atoms with Crippen molar-refractivity contribution < 1.29 is 17.1 Å². The fraction of sp³-hybridized carbons (Fsp3) is 0.143. The molecule has 0 heterocycles. The number of ether oxygens (including phenoxy) is 1. The number of halogens is 1. The molecule has 2 aromatic rings. The van der Waals surface area contributed by atoms with Gasteiger partial charge in [-0.2, -0.15) is 0 Å². The van der Waals surface area contributed by atoms with Crippen molar-refractivity contribution in [3.8, 4) is 11.5 Å². The highest BCUT2D eigenvalue weighted by Crippen LogP contribution is 2.34. The molecule has 0 N–H and O–H groups in total. The van der Waals surface area contributed by atoms with Gasteiger partial charge in [0.1, 0.15) is 5.75 Å². The Labute approximate surface area is 118 Å². The first kappa shape index (κ1) is 14.8. The summed E-state index contributed by atoms with van der Waals surface area (Å²) in [5.74, 6) is 1.40. The Bertz CT molecular complexity index is 579. The van der Waals surface area contributed by atoms with E-state index in [1.807, 2.05) is 55.4 Å². The maximum atomic E-state index is 8.81. The van der Waals surface area contributed by atoms with Gasteiger partial charge in [0.15, 0.2) is 10.7 Å². The minimum atomic E-state index is 0. The van der Waals surface area contributed by atoms with Crippen LogP contribution in [0.25, 0.3) is 4.98 Å². The largest absolute Gasteiger partial charge is 1.00 e. The molecule has 0 amide bonds. The van der Waals surface area contributed by atoms with Crippen LogP contribution in [0.3, 0.4) is 0 Å². The summed E-state index contributed by atoms with van der Waals surface area (Å²) in [7, 11) is 3.87. The zero-order valence-corrected chi connectivity index (χ0v) is 11.5. The highest BCUT2D eigenvalue weighted by atomic mass is 35.5. The van der Waals surface area contributed by atoms with Crippen molar-refractivity contribution in [2.45, 2.75) is 0 Å². The molecule has 0 bridgehead atoms. The Morgan fingerprint density at radius 3 is 2.32 bits per heavy atom. The van der Waals surface area contributed by atoms with Crippen molar-refractivity contribution in [1.82, 2.24) is 0 Å². The van der Waals surface area contributed by atoms with Crippen molar-refractivity contribution in [3.05, 3.63) is 53.5 Å². The van der Waals surface area contributed by atoms with Crippen LogP contribution < -0.4 is 22.0 Å². The summed E-state index contributed by atoms with van der Waals surface area (Å²) in [6.07, 6.45) is 0. The van der Waals surface area contributed by atoms with E-state index in [0.717, 1.165) is 11.4 Å². The minimum Gasteiger partial charge on any atom is -1.00 e. The molecule has 0 saturated carbocycles. The average molecular weight is 276 g/mol. The third-order valence-corrected chi connectivity index (χ3v) is 2.51. The van der Waals surface area contributed by atoms with Crippen molar-refractivity contribution >= 4 is 11.4 Å². The summed E-state index contributed by atoms with van der Waals surface area (Å²) >= 11 is 0. The molecule has 0 aromatic heterocycles. The molecule has 0 saturated heterocycles. The van der Waals surface area contributed by atoms with Gasteiger partial charge in [0, 0.05) is 20.2 Å². The fourth-order valence-corrected chi connectivity index (χ4v) is 1.63. The molecule has 0 unspecified atom stereocenters. The van der Waals surface area contributed by atoms with Crippen molar-refractivity contribution in [2.75, 3.05) is 19.0 Å². The van der Waals surface area contributed by atoms with E-state index in [0.29, 0.717) is 11.4 Å². The van der Waals surface area contributed by atoms with E-state index in [1.165, 1.54) is 0 Å². The highest BCUT2D eigenvalue weighted by Gasteiger charge is 2.13. The smallest absolute Gasteiger partial charge is 0.388 e. The third-order valence-electron chi connectivity index (χ3n) is 2.51. The van der Waals surface area contributed by atoms with E-state index in [-0.39, 0.29) is 12.4 Å². The first-order valence-corrected chi connectivity index (χ1v) is 5.60. The molecule has 0 aliphatic heterocycles. The molecule has 5 heteroatoms. The molecule has 2 aromatic carbocycles. The van der Waals surface area contributed by atoms with Gasteiger partial charge in [0.2, 0.25) is 5.39 Å². The molecule has 0 atom stereocenters. The van der Waals surface area contributed by atoms with Gasteiger partial charge >= 0.3 is 5.69 Å². The van der Waals surface area contributed by atoms with Crippen molar-refractivity contribution in [2.24, 2.45) is 0 Å². The fourth-order valence-electron chi connectivity index (χ4n) is 1.63. The zero-order valence-electron chi connectivity index (χ0n) is 10.7. The Kier molecular flexibility index (Phi) is 5.16. The quantitative estimate of drug-likeness (QED) is 0.786. The molecule has 0 aliphatic rings.